The van der Waals surface area contributed by atoms with E-state index < -0.39 is 0 Å². The average molecular weight is 310 g/mol. The molecule has 1 aromatic rings. The molecule has 0 aromatic carbocycles. The maximum Gasteiger partial charge on any atom is 0.261 e. The van der Waals surface area contributed by atoms with Crippen LogP contribution < -0.4 is 10.6 Å². The zero-order valence-electron chi connectivity index (χ0n) is 12.2. The van der Waals surface area contributed by atoms with E-state index in [1.807, 2.05) is 13.0 Å². The Kier molecular flexibility index (Phi) is 5.76. The van der Waals surface area contributed by atoms with Gasteiger partial charge in [-0.05, 0) is 43.7 Å². The predicted molar refractivity (Wildman–Crippen MR) is 82.3 cm³/mol. The van der Waals surface area contributed by atoms with Crippen LogP contribution in [0.1, 0.15) is 33.8 Å². The van der Waals surface area contributed by atoms with Gasteiger partial charge in [-0.15, -0.1) is 11.3 Å². The molecular weight excluding hydrogens is 288 g/mol. The van der Waals surface area contributed by atoms with Crippen LogP contribution in [-0.2, 0) is 4.79 Å². The zero-order chi connectivity index (χ0) is 15.2. The summed E-state index contributed by atoms with van der Waals surface area (Å²) in [6, 6.07) is 3.65. The topological polar surface area (TPSA) is 78.4 Å². The molecule has 116 valence electrons. The Morgan fingerprint density at radius 2 is 2.05 bits per heavy atom. The van der Waals surface area contributed by atoms with Crippen LogP contribution in [-0.4, -0.2) is 36.6 Å². The minimum atomic E-state index is -0.211. The van der Waals surface area contributed by atoms with Crippen molar-refractivity contribution in [3.8, 4) is 0 Å². The van der Waals surface area contributed by atoms with E-state index in [4.69, 9.17) is 0 Å². The van der Waals surface area contributed by atoms with E-state index in [0.29, 0.717) is 23.3 Å². The lowest BCUT2D eigenvalue weighted by molar-refractivity contribution is -0.120. The first-order chi connectivity index (χ1) is 10.1. The number of aryl methyl sites for hydroxylation is 1. The molecule has 0 bridgehead atoms. The van der Waals surface area contributed by atoms with Crippen molar-refractivity contribution in [1.82, 2.24) is 10.6 Å². The first kappa shape index (κ1) is 16.0. The molecule has 21 heavy (non-hydrogen) atoms. The molecule has 5 nitrogen and oxygen atoms in total. The van der Waals surface area contributed by atoms with Crippen molar-refractivity contribution in [2.45, 2.75) is 26.2 Å². The second-order valence-corrected chi connectivity index (χ2v) is 6.82. The van der Waals surface area contributed by atoms with Gasteiger partial charge in [-0.25, -0.2) is 0 Å². The third-order valence-corrected chi connectivity index (χ3v) is 4.99. The fraction of sp³-hybridized carbons (Fsp3) is 0.600. The van der Waals surface area contributed by atoms with E-state index in [1.54, 1.807) is 6.07 Å². The molecule has 1 aliphatic rings. The molecular formula is C15H22N2O3S. The van der Waals surface area contributed by atoms with Gasteiger partial charge in [0, 0.05) is 18.0 Å². The highest BCUT2D eigenvalue weighted by molar-refractivity contribution is 7.13. The Bertz CT molecular complexity index is 501. The van der Waals surface area contributed by atoms with Gasteiger partial charge in [-0.2, -0.15) is 0 Å². The molecule has 2 amide bonds. The number of carbonyl (C=O) groups excluding carboxylic acids is 2. The smallest absolute Gasteiger partial charge is 0.261 e. The summed E-state index contributed by atoms with van der Waals surface area (Å²) < 4.78 is 0. The Balaban J connectivity index is 1.69. The van der Waals surface area contributed by atoms with Crippen molar-refractivity contribution in [3.05, 3.63) is 21.9 Å². The van der Waals surface area contributed by atoms with Crippen LogP contribution in [0.5, 0.6) is 0 Å². The number of hydrogen-bond donors (Lipinski definition) is 3. The van der Waals surface area contributed by atoms with Gasteiger partial charge in [-0.3, -0.25) is 9.59 Å². The van der Waals surface area contributed by atoms with Gasteiger partial charge in [0.1, 0.15) is 0 Å². The van der Waals surface area contributed by atoms with Crippen LogP contribution in [0.25, 0.3) is 0 Å². The van der Waals surface area contributed by atoms with Crippen LogP contribution in [0.2, 0.25) is 0 Å². The number of aliphatic hydroxyl groups excluding tert-OH is 1. The monoisotopic (exact) mass is 310 g/mol. The molecule has 0 saturated heterocycles. The number of hydrogen-bond acceptors (Lipinski definition) is 4. The summed E-state index contributed by atoms with van der Waals surface area (Å²) in [4.78, 5) is 25.3. The molecule has 2 unspecified atom stereocenters. The van der Waals surface area contributed by atoms with Crippen LogP contribution in [0, 0.1) is 18.8 Å². The van der Waals surface area contributed by atoms with Crippen molar-refractivity contribution >= 4 is 23.2 Å². The predicted octanol–water partition coefficient (Wildman–Crippen LogP) is 1.31. The molecule has 1 aromatic heterocycles. The van der Waals surface area contributed by atoms with Gasteiger partial charge in [0.25, 0.3) is 5.91 Å². The molecule has 1 heterocycles. The van der Waals surface area contributed by atoms with E-state index in [1.165, 1.54) is 11.3 Å². The summed E-state index contributed by atoms with van der Waals surface area (Å²) in [5.41, 5.74) is 0. The van der Waals surface area contributed by atoms with Crippen molar-refractivity contribution in [1.29, 1.82) is 0 Å². The number of thiophene rings is 1. The Labute approximate surface area is 128 Å². The largest absolute Gasteiger partial charge is 0.396 e. The summed E-state index contributed by atoms with van der Waals surface area (Å²) in [6.45, 7) is 2.70. The normalized spacial score (nSPS) is 21.2. The van der Waals surface area contributed by atoms with Crippen LogP contribution >= 0.6 is 11.3 Å². The van der Waals surface area contributed by atoms with Gasteiger partial charge >= 0.3 is 0 Å². The summed E-state index contributed by atoms with van der Waals surface area (Å²) in [5, 5.41) is 14.7. The van der Waals surface area contributed by atoms with Crippen LogP contribution in [0.3, 0.4) is 0 Å². The molecule has 1 fully saturated rings. The molecule has 6 heteroatoms. The summed E-state index contributed by atoms with van der Waals surface area (Å²) >= 11 is 1.41. The molecule has 0 radical (unpaired) electrons. The molecule has 2 rings (SSSR count). The lowest BCUT2D eigenvalue weighted by Gasteiger charge is -2.17. The number of carbonyl (C=O) groups is 2. The Hall–Kier alpha value is -1.40. The SMILES string of the molecule is Cc1ccc(C(=O)NCC(=O)NCC2CCCC2CO)s1. The van der Waals surface area contributed by atoms with E-state index in [9.17, 15) is 14.7 Å². The van der Waals surface area contributed by atoms with Crippen molar-refractivity contribution < 1.29 is 14.7 Å². The minimum absolute atomic E-state index is 0.00765. The van der Waals surface area contributed by atoms with E-state index >= 15 is 0 Å². The van der Waals surface area contributed by atoms with Crippen molar-refractivity contribution in [3.63, 3.8) is 0 Å². The van der Waals surface area contributed by atoms with Gasteiger partial charge < -0.3 is 15.7 Å². The quantitative estimate of drug-likeness (QED) is 0.741. The lowest BCUT2D eigenvalue weighted by Crippen LogP contribution is -2.39. The number of amides is 2. The third kappa shape index (κ3) is 4.54. The van der Waals surface area contributed by atoms with E-state index in [-0.39, 0.29) is 25.0 Å². The first-order valence-electron chi connectivity index (χ1n) is 7.32. The molecule has 0 aliphatic heterocycles. The van der Waals surface area contributed by atoms with Crippen molar-refractivity contribution in [2.75, 3.05) is 19.7 Å². The van der Waals surface area contributed by atoms with E-state index in [2.05, 4.69) is 10.6 Å². The minimum Gasteiger partial charge on any atom is -0.396 e. The standard InChI is InChI=1S/C15H22N2O3S/c1-10-5-6-13(21-10)15(20)17-8-14(19)16-7-11-3-2-4-12(11)9-18/h5-6,11-12,18H,2-4,7-9H2,1H3,(H,16,19)(H,17,20). The van der Waals surface area contributed by atoms with Gasteiger partial charge in [0.15, 0.2) is 0 Å². The second-order valence-electron chi connectivity index (χ2n) is 5.53. The van der Waals surface area contributed by atoms with Gasteiger partial charge in [-0.1, -0.05) is 6.42 Å². The number of nitrogens with one attached hydrogen (secondary N) is 2. The van der Waals surface area contributed by atoms with Gasteiger partial charge in [0.05, 0.1) is 11.4 Å². The molecule has 1 aliphatic carbocycles. The van der Waals surface area contributed by atoms with Crippen LogP contribution in [0.4, 0.5) is 0 Å². The number of rotatable bonds is 6. The summed E-state index contributed by atoms with van der Waals surface area (Å²) in [5.74, 6) is 0.265. The Morgan fingerprint density at radius 3 is 2.71 bits per heavy atom. The maximum atomic E-state index is 11.8. The molecule has 3 N–H and O–H groups in total. The average Bonchev–Trinajstić information content (AvgIpc) is 3.10. The second kappa shape index (κ2) is 7.56. The lowest BCUT2D eigenvalue weighted by atomic mass is 9.97. The highest BCUT2D eigenvalue weighted by Gasteiger charge is 2.26. The summed E-state index contributed by atoms with van der Waals surface area (Å²) in [7, 11) is 0. The fourth-order valence-corrected chi connectivity index (χ4v) is 3.52. The maximum absolute atomic E-state index is 11.8. The molecule has 0 spiro atoms. The fourth-order valence-electron chi connectivity index (χ4n) is 2.73. The highest BCUT2D eigenvalue weighted by Crippen LogP contribution is 2.30. The Morgan fingerprint density at radius 1 is 1.29 bits per heavy atom. The van der Waals surface area contributed by atoms with Crippen molar-refractivity contribution in [2.24, 2.45) is 11.8 Å². The van der Waals surface area contributed by atoms with E-state index in [0.717, 1.165) is 24.1 Å². The summed E-state index contributed by atoms with van der Waals surface area (Å²) in [6.07, 6.45) is 3.19. The van der Waals surface area contributed by atoms with Crippen LogP contribution in [0.15, 0.2) is 12.1 Å². The first-order valence-corrected chi connectivity index (χ1v) is 8.14. The third-order valence-electron chi connectivity index (χ3n) is 3.99. The zero-order valence-corrected chi connectivity index (χ0v) is 13.0. The van der Waals surface area contributed by atoms with Gasteiger partial charge in [0.2, 0.25) is 5.91 Å². The number of aliphatic hydroxyl groups is 1. The molecule has 1 saturated carbocycles. The highest BCUT2D eigenvalue weighted by atomic mass is 32.1. The molecule has 2 atom stereocenters.